The number of nitrogens with one attached hydrogen (secondary N) is 2. The second-order valence-electron chi connectivity index (χ2n) is 8.02. The third kappa shape index (κ3) is 2.71. The first-order chi connectivity index (χ1) is 13.0. The molecule has 1 amide bonds. The fourth-order valence-corrected chi connectivity index (χ4v) is 4.16. The lowest BCUT2D eigenvalue weighted by Crippen LogP contribution is -2.27. The third-order valence-electron chi connectivity index (χ3n) is 6.10. The molecule has 2 aromatic carbocycles. The van der Waals surface area contributed by atoms with Crippen molar-refractivity contribution in [3.63, 3.8) is 0 Å². The average Bonchev–Trinajstić information content (AvgIpc) is 3.55. The van der Waals surface area contributed by atoms with Crippen LogP contribution in [0, 0.1) is 11.7 Å². The maximum absolute atomic E-state index is 14.5. The number of anilines is 2. The van der Waals surface area contributed by atoms with Crippen LogP contribution in [0.4, 0.5) is 15.8 Å². The Kier molecular flexibility index (Phi) is 3.41. The molecule has 2 fully saturated rings. The van der Waals surface area contributed by atoms with E-state index in [9.17, 15) is 19.4 Å². The number of carbonyl (C=O) groups excluding carboxylic acids is 1. The minimum Gasteiger partial charge on any atom is -0.504 e. The highest BCUT2D eigenvalue weighted by molar-refractivity contribution is 6.01. The van der Waals surface area contributed by atoms with Crippen LogP contribution in [0.15, 0.2) is 30.3 Å². The molecule has 1 heterocycles. The molecule has 1 unspecified atom stereocenters. The second-order valence-corrected chi connectivity index (χ2v) is 8.02. The normalized spacial score (nSPS) is 22.0. The van der Waals surface area contributed by atoms with Gasteiger partial charge in [0, 0.05) is 11.7 Å². The summed E-state index contributed by atoms with van der Waals surface area (Å²) in [5.41, 5.74) is 1.87. The van der Waals surface area contributed by atoms with Gasteiger partial charge in [-0.15, -0.1) is 0 Å². The number of phenolic OH excluding ortho intramolecular Hbond substituents is 2. The first kappa shape index (κ1) is 16.4. The Morgan fingerprint density at radius 1 is 1.15 bits per heavy atom. The smallest absolute Gasteiger partial charge is 0.235 e. The number of fused-ring (bicyclic) bond motifs is 1. The number of hydrogen-bond donors (Lipinski definition) is 4. The first-order valence-electron chi connectivity index (χ1n) is 9.39. The summed E-state index contributed by atoms with van der Waals surface area (Å²) in [5, 5.41) is 25.4. The van der Waals surface area contributed by atoms with Gasteiger partial charge in [-0.3, -0.25) is 4.79 Å². The van der Waals surface area contributed by atoms with Gasteiger partial charge < -0.3 is 20.8 Å². The fourth-order valence-electron chi connectivity index (χ4n) is 4.16. The van der Waals surface area contributed by atoms with Crippen LogP contribution in [-0.4, -0.2) is 22.2 Å². The highest BCUT2D eigenvalue weighted by atomic mass is 19.1. The van der Waals surface area contributed by atoms with E-state index in [1.165, 1.54) is 31.0 Å². The minimum atomic E-state index is -0.727. The van der Waals surface area contributed by atoms with Gasteiger partial charge in [-0.05, 0) is 73.4 Å². The van der Waals surface area contributed by atoms with Crippen molar-refractivity contribution in [2.24, 2.45) is 5.92 Å². The van der Waals surface area contributed by atoms with Crippen LogP contribution in [0.2, 0.25) is 0 Å². The Morgan fingerprint density at radius 2 is 1.93 bits per heavy atom. The zero-order valence-electron chi connectivity index (χ0n) is 14.8. The van der Waals surface area contributed by atoms with E-state index >= 15 is 0 Å². The molecule has 2 aromatic rings. The van der Waals surface area contributed by atoms with Crippen LogP contribution in [0.1, 0.15) is 36.8 Å². The number of aromatic hydroxyl groups is 2. The molecular formula is C21H21FN2O3. The monoisotopic (exact) mass is 368 g/mol. The van der Waals surface area contributed by atoms with E-state index in [0.717, 1.165) is 12.0 Å². The summed E-state index contributed by atoms with van der Waals surface area (Å²) in [6.07, 6.45) is 4.49. The lowest BCUT2D eigenvalue weighted by atomic mass is 9.94. The van der Waals surface area contributed by atoms with Crippen molar-refractivity contribution in [3.05, 3.63) is 47.3 Å². The average molecular weight is 368 g/mol. The molecular weight excluding hydrogens is 347 g/mol. The molecule has 4 N–H and O–H groups in total. The predicted molar refractivity (Wildman–Crippen MR) is 99.6 cm³/mol. The second kappa shape index (κ2) is 5.62. The SMILES string of the molecule is O=C(Nc1cc(F)c2c(c1)CC(C1CC1)N2)C1(c2ccc(O)c(O)c2)CC1. The van der Waals surface area contributed by atoms with E-state index in [0.29, 0.717) is 41.7 Å². The maximum atomic E-state index is 14.5. The summed E-state index contributed by atoms with van der Waals surface area (Å²) in [6, 6.07) is 7.98. The molecule has 0 radical (unpaired) electrons. The van der Waals surface area contributed by atoms with Crippen molar-refractivity contribution in [2.45, 2.75) is 43.6 Å². The highest BCUT2D eigenvalue weighted by Crippen LogP contribution is 2.50. The number of hydrogen-bond acceptors (Lipinski definition) is 4. The molecule has 6 heteroatoms. The van der Waals surface area contributed by atoms with E-state index in [4.69, 9.17) is 0 Å². The van der Waals surface area contributed by atoms with Gasteiger partial charge in [-0.2, -0.15) is 0 Å². The fraction of sp³-hybridized carbons (Fsp3) is 0.381. The summed E-state index contributed by atoms with van der Waals surface area (Å²) < 4.78 is 14.5. The Morgan fingerprint density at radius 3 is 2.59 bits per heavy atom. The molecule has 2 saturated carbocycles. The number of halogens is 1. The Balaban J connectivity index is 1.38. The molecule has 3 aliphatic rings. The summed E-state index contributed by atoms with van der Waals surface area (Å²) in [6.45, 7) is 0. The molecule has 5 rings (SSSR count). The van der Waals surface area contributed by atoms with Crippen molar-refractivity contribution < 1.29 is 19.4 Å². The Bertz CT molecular complexity index is 951. The van der Waals surface area contributed by atoms with Gasteiger partial charge in [0.2, 0.25) is 5.91 Å². The van der Waals surface area contributed by atoms with Crippen LogP contribution < -0.4 is 10.6 Å². The van der Waals surface area contributed by atoms with Crippen molar-refractivity contribution in [2.75, 3.05) is 10.6 Å². The minimum absolute atomic E-state index is 0.211. The molecule has 140 valence electrons. The van der Waals surface area contributed by atoms with Gasteiger partial charge in [0.1, 0.15) is 5.82 Å². The summed E-state index contributed by atoms with van der Waals surface area (Å²) in [7, 11) is 0. The largest absolute Gasteiger partial charge is 0.504 e. The van der Waals surface area contributed by atoms with Crippen LogP contribution >= 0.6 is 0 Å². The molecule has 27 heavy (non-hydrogen) atoms. The summed E-state index contributed by atoms with van der Waals surface area (Å²) in [4.78, 5) is 12.9. The summed E-state index contributed by atoms with van der Waals surface area (Å²) >= 11 is 0. The van der Waals surface area contributed by atoms with Crippen molar-refractivity contribution >= 4 is 17.3 Å². The Hall–Kier alpha value is -2.76. The molecule has 2 aliphatic carbocycles. The van der Waals surface area contributed by atoms with E-state index in [-0.39, 0.29) is 23.2 Å². The van der Waals surface area contributed by atoms with Gasteiger partial charge in [0.05, 0.1) is 11.1 Å². The quantitative estimate of drug-likeness (QED) is 0.621. The zero-order valence-corrected chi connectivity index (χ0v) is 14.8. The van der Waals surface area contributed by atoms with Gasteiger partial charge in [0.25, 0.3) is 0 Å². The number of benzene rings is 2. The first-order valence-corrected chi connectivity index (χ1v) is 9.39. The molecule has 5 nitrogen and oxygen atoms in total. The molecule has 0 aromatic heterocycles. The van der Waals surface area contributed by atoms with Crippen LogP contribution in [0.25, 0.3) is 0 Å². The lowest BCUT2D eigenvalue weighted by molar-refractivity contribution is -0.118. The van der Waals surface area contributed by atoms with Crippen LogP contribution in [-0.2, 0) is 16.6 Å². The van der Waals surface area contributed by atoms with Crippen molar-refractivity contribution in [3.8, 4) is 11.5 Å². The molecule has 0 spiro atoms. The van der Waals surface area contributed by atoms with E-state index < -0.39 is 5.41 Å². The summed E-state index contributed by atoms with van der Waals surface area (Å²) in [5.74, 6) is -0.373. The van der Waals surface area contributed by atoms with E-state index in [1.54, 1.807) is 6.07 Å². The molecule has 1 aliphatic heterocycles. The number of phenols is 2. The van der Waals surface area contributed by atoms with Crippen molar-refractivity contribution in [1.82, 2.24) is 0 Å². The maximum Gasteiger partial charge on any atom is 0.235 e. The molecule has 0 bridgehead atoms. The van der Waals surface area contributed by atoms with Crippen LogP contribution in [0.5, 0.6) is 11.5 Å². The zero-order chi connectivity index (χ0) is 18.8. The van der Waals surface area contributed by atoms with Gasteiger partial charge in [-0.1, -0.05) is 6.07 Å². The van der Waals surface area contributed by atoms with Gasteiger partial charge in [0.15, 0.2) is 11.5 Å². The standard InChI is InChI=1S/C21H21FN2O3/c22-15-10-14(7-12-8-16(11-1-2-11)24-19(12)15)23-20(27)21(5-6-21)13-3-4-17(25)18(26)9-13/h3-4,7,9-11,16,24-26H,1-2,5-6,8H2,(H,23,27). The number of carbonyl (C=O) groups is 1. The number of rotatable bonds is 4. The number of amides is 1. The van der Waals surface area contributed by atoms with E-state index in [1.807, 2.05) is 6.07 Å². The van der Waals surface area contributed by atoms with Gasteiger partial charge >= 0.3 is 0 Å². The van der Waals surface area contributed by atoms with E-state index in [2.05, 4.69) is 10.6 Å². The Labute approximate surface area is 156 Å². The lowest BCUT2D eigenvalue weighted by Gasteiger charge is -2.17. The predicted octanol–water partition coefficient (Wildman–Crippen LogP) is 3.65. The van der Waals surface area contributed by atoms with Crippen molar-refractivity contribution in [1.29, 1.82) is 0 Å². The van der Waals surface area contributed by atoms with Crippen LogP contribution in [0.3, 0.4) is 0 Å². The third-order valence-corrected chi connectivity index (χ3v) is 6.10. The topological polar surface area (TPSA) is 81.6 Å². The highest BCUT2D eigenvalue weighted by Gasteiger charge is 2.51. The van der Waals surface area contributed by atoms with Gasteiger partial charge in [-0.25, -0.2) is 4.39 Å². The molecule has 1 atom stereocenters. The molecule has 0 saturated heterocycles.